The summed E-state index contributed by atoms with van der Waals surface area (Å²) >= 11 is 0. The lowest BCUT2D eigenvalue weighted by Crippen LogP contribution is -2.22. The number of hydrogen-bond acceptors (Lipinski definition) is 2. The number of carbonyl (C=O) groups is 1. The summed E-state index contributed by atoms with van der Waals surface area (Å²) in [5, 5.41) is 2.21. The Bertz CT molecular complexity index is 610. The highest BCUT2D eigenvalue weighted by molar-refractivity contribution is 5.89. The Morgan fingerprint density at radius 2 is 1.70 bits per heavy atom. The van der Waals surface area contributed by atoms with Crippen molar-refractivity contribution in [3.63, 3.8) is 0 Å². The average Bonchev–Trinajstić information content (AvgIpc) is 2.49. The molecule has 1 aliphatic rings. The lowest BCUT2D eigenvalue weighted by molar-refractivity contribution is 0.112. The van der Waals surface area contributed by atoms with Gasteiger partial charge in [-0.25, -0.2) is 0 Å². The molecule has 20 heavy (non-hydrogen) atoms. The second kappa shape index (κ2) is 5.66. The molecule has 3 rings (SSSR count). The largest absolute Gasteiger partial charge is 0.490 e. The van der Waals surface area contributed by atoms with Gasteiger partial charge in [0.05, 0.1) is 6.10 Å². The molecule has 2 aromatic rings. The van der Waals surface area contributed by atoms with Crippen molar-refractivity contribution in [3.05, 3.63) is 42.0 Å². The zero-order valence-corrected chi connectivity index (χ0v) is 11.8. The van der Waals surface area contributed by atoms with Crippen molar-refractivity contribution in [2.75, 3.05) is 0 Å². The highest BCUT2D eigenvalue weighted by Gasteiger charge is 2.19. The zero-order valence-electron chi connectivity index (χ0n) is 11.8. The Morgan fingerprint density at radius 3 is 2.45 bits per heavy atom. The van der Waals surface area contributed by atoms with E-state index in [9.17, 15) is 4.79 Å². The van der Waals surface area contributed by atoms with Gasteiger partial charge in [-0.05, 0) is 60.6 Å². The number of hydrogen-bond donors (Lipinski definition) is 0. The zero-order chi connectivity index (χ0) is 13.9. The summed E-state index contributed by atoms with van der Waals surface area (Å²) < 4.78 is 6.10. The van der Waals surface area contributed by atoms with Crippen molar-refractivity contribution in [2.24, 2.45) is 5.92 Å². The molecule has 0 amide bonds. The van der Waals surface area contributed by atoms with Gasteiger partial charge in [0, 0.05) is 5.56 Å². The van der Waals surface area contributed by atoms with Crippen LogP contribution in [0.3, 0.4) is 0 Å². The molecule has 0 unspecified atom stereocenters. The van der Waals surface area contributed by atoms with Crippen molar-refractivity contribution >= 4 is 17.1 Å². The van der Waals surface area contributed by atoms with Gasteiger partial charge in [0.25, 0.3) is 0 Å². The molecule has 2 aromatic carbocycles. The third-order valence-electron chi connectivity index (χ3n) is 4.24. The molecule has 2 nitrogen and oxygen atoms in total. The number of rotatable bonds is 3. The van der Waals surface area contributed by atoms with Crippen LogP contribution >= 0.6 is 0 Å². The molecule has 1 aliphatic carbocycles. The first kappa shape index (κ1) is 13.2. The molecule has 0 radical (unpaired) electrons. The fraction of sp³-hybridized carbons (Fsp3) is 0.389. The molecule has 0 saturated heterocycles. The summed E-state index contributed by atoms with van der Waals surface area (Å²) in [5.41, 5.74) is 0.715. The van der Waals surface area contributed by atoms with E-state index in [0.717, 1.165) is 41.6 Å². The first-order chi connectivity index (χ1) is 9.74. The summed E-state index contributed by atoms with van der Waals surface area (Å²) in [6.45, 7) is 2.32. The Labute approximate surface area is 119 Å². The maximum absolute atomic E-state index is 10.8. The van der Waals surface area contributed by atoms with Crippen molar-refractivity contribution in [2.45, 2.75) is 38.7 Å². The number of benzene rings is 2. The maximum Gasteiger partial charge on any atom is 0.150 e. The van der Waals surface area contributed by atoms with Gasteiger partial charge in [-0.3, -0.25) is 4.79 Å². The molecule has 0 N–H and O–H groups in total. The third-order valence-corrected chi connectivity index (χ3v) is 4.24. The third kappa shape index (κ3) is 2.84. The second-order valence-corrected chi connectivity index (χ2v) is 5.89. The van der Waals surface area contributed by atoms with Crippen molar-refractivity contribution in [1.29, 1.82) is 0 Å². The molecule has 0 heterocycles. The molecule has 1 fully saturated rings. The Hall–Kier alpha value is -1.83. The van der Waals surface area contributed by atoms with Gasteiger partial charge in [0.15, 0.2) is 0 Å². The number of carbonyl (C=O) groups excluding carboxylic acids is 1. The van der Waals surface area contributed by atoms with E-state index in [2.05, 4.69) is 13.0 Å². The fourth-order valence-corrected chi connectivity index (χ4v) is 2.93. The molecule has 2 heteroatoms. The number of ether oxygens (including phenoxy) is 1. The van der Waals surface area contributed by atoms with Gasteiger partial charge in [-0.2, -0.15) is 0 Å². The van der Waals surface area contributed by atoms with Crippen molar-refractivity contribution in [3.8, 4) is 5.75 Å². The maximum atomic E-state index is 10.8. The van der Waals surface area contributed by atoms with Crippen LogP contribution < -0.4 is 4.74 Å². The molecular weight excluding hydrogens is 248 g/mol. The van der Waals surface area contributed by atoms with E-state index in [1.54, 1.807) is 0 Å². The minimum absolute atomic E-state index is 0.359. The Kier molecular flexibility index (Phi) is 3.72. The first-order valence-electron chi connectivity index (χ1n) is 7.40. The minimum Gasteiger partial charge on any atom is -0.490 e. The lowest BCUT2D eigenvalue weighted by Gasteiger charge is -2.27. The molecule has 0 atom stereocenters. The lowest BCUT2D eigenvalue weighted by atomic mass is 9.89. The SMILES string of the molecule is C[C@H]1CC[C@@H](Oc2ccc3cc(C=O)ccc3c2)CC1. The molecule has 0 aliphatic heterocycles. The van der Waals surface area contributed by atoms with Crippen LogP contribution in [0.5, 0.6) is 5.75 Å². The van der Waals surface area contributed by atoms with E-state index < -0.39 is 0 Å². The summed E-state index contributed by atoms with van der Waals surface area (Å²) in [6, 6.07) is 11.9. The van der Waals surface area contributed by atoms with Gasteiger partial charge in [-0.15, -0.1) is 0 Å². The summed E-state index contributed by atoms with van der Waals surface area (Å²) in [5.74, 6) is 1.78. The van der Waals surface area contributed by atoms with E-state index >= 15 is 0 Å². The topological polar surface area (TPSA) is 26.3 Å². The molecule has 0 aromatic heterocycles. The molecule has 104 valence electrons. The smallest absolute Gasteiger partial charge is 0.150 e. The Balaban J connectivity index is 1.77. The van der Waals surface area contributed by atoms with Crippen molar-refractivity contribution < 1.29 is 9.53 Å². The molecular formula is C18H20O2. The number of fused-ring (bicyclic) bond motifs is 1. The normalized spacial score (nSPS) is 22.6. The standard InChI is InChI=1S/C18H20O2/c1-13-2-7-17(8-3-13)20-18-9-6-15-10-14(12-19)4-5-16(15)11-18/h4-6,9-13,17H,2-3,7-8H2,1H3/t13-,17+. The summed E-state index contributed by atoms with van der Waals surface area (Å²) in [4.78, 5) is 10.8. The van der Waals surface area contributed by atoms with Crippen LogP contribution in [0.1, 0.15) is 43.0 Å². The number of aldehydes is 1. The van der Waals surface area contributed by atoms with Crippen LogP contribution in [0.15, 0.2) is 36.4 Å². The van der Waals surface area contributed by atoms with Gasteiger partial charge in [-0.1, -0.05) is 25.1 Å². The fourth-order valence-electron chi connectivity index (χ4n) is 2.93. The van der Waals surface area contributed by atoms with Gasteiger partial charge in [0.2, 0.25) is 0 Å². The highest BCUT2D eigenvalue weighted by Crippen LogP contribution is 2.28. The minimum atomic E-state index is 0.359. The quantitative estimate of drug-likeness (QED) is 0.760. The van der Waals surface area contributed by atoms with Crippen LogP contribution in [0.25, 0.3) is 10.8 Å². The van der Waals surface area contributed by atoms with Crippen LogP contribution in [-0.2, 0) is 0 Å². The predicted octanol–water partition coefficient (Wildman–Crippen LogP) is 4.61. The summed E-state index contributed by atoms with van der Waals surface area (Å²) in [6.07, 6.45) is 6.08. The molecule has 0 bridgehead atoms. The highest BCUT2D eigenvalue weighted by atomic mass is 16.5. The average molecular weight is 268 g/mol. The van der Waals surface area contributed by atoms with E-state index in [1.807, 2.05) is 30.3 Å². The van der Waals surface area contributed by atoms with E-state index in [1.165, 1.54) is 12.8 Å². The molecule has 1 saturated carbocycles. The van der Waals surface area contributed by atoms with Crippen LogP contribution in [-0.4, -0.2) is 12.4 Å². The van der Waals surface area contributed by atoms with Crippen LogP contribution in [0.2, 0.25) is 0 Å². The summed E-state index contributed by atoms with van der Waals surface area (Å²) in [7, 11) is 0. The first-order valence-corrected chi connectivity index (χ1v) is 7.40. The van der Waals surface area contributed by atoms with E-state index in [0.29, 0.717) is 11.7 Å². The van der Waals surface area contributed by atoms with Crippen molar-refractivity contribution in [1.82, 2.24) is 0 Å². The van der Waals surface area contributed by atoms with Gasteiger partial charge >= 0.3 is 0 Å². The van der Waals surface area contributed by atoms with Gasteiger partial charge < -0.3 is 4.74 Å². The van der Waals surface area contributed by atoms with Crippen LogP contribution in [0.4, 0.5) is 0 Å². The van der Waals surface area contributed by atoms with Crippen LogP contribution in [0, 0.1) is 5.92 Å². The predicted molar refractivity (Wildman–Crippen MR) is 81.4 cm³/mol. The monoisotopic (exact) mass is 268 g/mol. The van der Waals surface area contributed by atoms with E-state index in [-0.39, 0.29) is 0 Å². The van der Waals surface area contributed by atoms with E-state index in [4.69, 9.17) is 4.74 Å². The molecule has 0 spiro atoms. The second-order valence-electron chi connectivity index (χ2n) is 5.89. The Morgan fingerprint density at radius 1 is 1.00 bits per heavy atom. The van der Waals surface area contributed by atoms with Gasteiger partial charge in [0.1, 0.15) is 12.0 Å².